The third-order valence-corrected chi connectivity index (χ3v) is 3.70. The molecular formula is C17H31N7O8. The summed E-state index contributed by atoms with van der Waals surface area (Å²) in [5.41, 5.74) is 16.2. The van der Waals surface area contributed by atoms with Crippen LogP contribution in [-0.2, 0) is 28.5 Å². The first-order chi connectivity index (χ1) is 15.5. The molecule has 0 aromatic carbocycles. The van der Waals surface area contributed by atoms with Gasteiger partial charge in [0.2, 0.25) is 0 Å². The number of nitrogens with zero attached hydrogens (tertiary/aromatic N) is 6. The van der Waals surface area contributed by atoms with Crippen LogP contribution in [0.1, 0.15) is 12.8 Å². The summed E-state index contributed by atoms with van der Waals surface area (Å²) in [6.45, 7) is 2.67. The summed E-state index contributed by atoms with van der Waals surface area (Å²) in [6.07, 6.45) is -3.46. The molecule has 1 amide bonds. The van der Waals surface area contributed by atoms with Crippen molar-refractivity contribution in [1.82, 2.24) is 5.32 Å². The van der Waals surface area contributed by atoms with Gasteiger partial charge in [0.1, 0.15) is 6.10 Å². The maximum absolute atomic E-state index is 11.9. The number of ether oxygens (including phenoxy) is 4. The van der Waals surface area contributed by atoms with E-state index in [9.17, 15) is 19.8 Å². The quantitative estimate of drug-likeness (QED) is 0.0849. The Morgan fingerprint density at radius 2 is 1.28 bits per heavy atom. The summed E-state index contributed by atoms with van der Waals surface area (Å²) in [5.74, 6) is -1.55. The monoisotopic (exact) mass is 461 g/mol. The van der Waals surface area contributed by atoms with Crippen molar-refractivity contribution >= 4 is 11.7 Å². The summed E-state index contributed by atoms with van der Waals surface area (Å²) < 4.78 is 20.7. The van der Waals surface area contributed by atoms with E-state index in [0.29, 0.717) is 32.8 Å². The molecule has 0 saturated carbocycles. The molecule has 0 aliphatic carbocycles. The van der Waals surface area contributed by atoms with Crippen LogP contribution in [-0.4, -0.2) is 107 Å². The van der Waals surface area contributed by atoms with Crippen molar-refractivity contribution < 1.29 is 38.7 Å². The zero-order valence-corrected chi connectivity index (χ0v) is 17.9. The Balaban J connectivity index is 3.71. The van der Waals surface area contributed by atoms with Crippen LogP contribution in [0, 0.1) is 0 Å². The van der Waals surface area contributed by atoms with E-state index < -0.39 is 23.9 Å². The fourth-order valence-electron chi connectivity index (χ4n) is 2.11. The van der Waals surface area contributed by atoms with E-state index in [2.05, 4.69) is 25.4 Å². The molecule has 0 heterocycles. The van der Waals surface area contributed by atoms with E-state index in [4.69, 9.17) is 30.0 Å². The third-order valence-electron chi connectivity index (χ3n) is 3.70. The lowest BCUT2D eigenvalue weighted by atomic mass is 10.1. The highest BCUT2D eigenvalue weighted by molar-refractivity contribution is 5.91. The molecule has 2 atom stereocenters. The topological polar surface area (TPSA) is 221 Å². The summed E-state index contributed by atoms with van der Waals surface area (Å²) in [4.78, 5) is 28.9. The second kappa shape index (κ2) is 21.7. The first kappa shape index (κ1) is 29.5. The molecule has 0 aromatic rings. The second-order valence-corrected chi connectivity index (χ2v) is 6.11. The molecule has 0 radical (unpaired) electrons. The minimum Gasteiger partial charge on any atom is -0.382 e. The Bertz CT molecular complexity index is 560. The van der Waals surface area contributed by atoms with Crippen LogP contribution in [0.25, 0.3) is 20.9 Å². The molecule has 32 heavy (non-hydrogen) atoms. The van der Waals surface area contributed by atoms with Gasteiger partial charge in [-0.1, -0.05) is 10.2 Å². The molecule has 0 aliphatic rings. The van der Waals surface area contributed by atoms with E-state index in [1.807, 2.05) is 0 Å². The molecule has 3 N–H and O–H groups in total. The van der Waals surface area contributed by atoms with Gasteiger partial charge in [-0.3, -0.25) is 9.59 Å². The van der Waals surface area contributed by atoms with Gasteiger partial charge in [0, 0.05) is 42.5 Å². The number of hydrogen-bond acceptors (Lipinski definition) is 10. The Kier molecular flexibility index (Phi) is 20.1. The van der Waals surface area contributed by atoms with Crippen molar-refractivity contribution in [3.05, 3.63) is 20.9 Å². The number of Topliss-reactive ketones (excluding diaryl/α,β-unsaturated/α-hetero) is 1. The minimum absolute atomic E-state index is 0.0635. The number of hydrogen-bond donors (Lipinski definition) is 3. The van der Waals surface area contributed by atoms with Crippen molar-refractivity contribution in [2.45, 2.75) is 25.0 Å². The van der Waals surface area contributed by atoms with Gasteiger partial charge < -0.3 is 34.5 Å². The van der Waals surface area contributed by atoms with Crippen molar-refractivity contribution in [3.8, 4) is 0 Å². The number of aliphatic hydroxyl groups excluding tert-OH is 2. The SMILES string of the molecule is [N-]=[N+]=NCCOCCOCCCC(=O)[C@H](O)[C@@H](O)C(=O)NCCOCCOCCN=[N+]=[N-]. The Morgan fingerprint density at radius 3 is 1.81 bits per heavy atom. The molecule has 15 nitrogen and oxygen atoms in total. The van der Waals surface area contributed by atoms with Gasteiger partial charge in [0.25, 0.3) is 5.91 Å². The lowest BCUT2D eigenvalue weighted by Crippen LogP contribution is -2.46. The van der Waals surface area contributed by atoms with E-state index in [1.165, 1.54) is 0 Å². The van der Waals surface area contributed by atoms with Crippen LogP contribution in [0.2, 0.25) is 0 Å². The highest BCUT2D eigenvalue weighted by atomic mass is 16.5. The van der Waals surface area contributed by atoms with Crippen LogP contribution in [0.3, 0.4) is 0 Å². The number of azide groups is 2. The average Bonchev–Trinajstić information content (AvgIpc) is 2.80. The van der Waals surface area contributed by atoms with Crippen LogP contribution < -0.4 is 5.32 Å². The number of carbonyl (C=O) groups is 2. The van der Waals surface area contributed by atoms with E-state index in [0.717, 1.165) is 0 Å². The first-order valence-electron chi connectivity index (χ1n) is 10.0. The number of aliphatic hydroxyl groups is 2. The van der Waals surface area contributed by atoms with Crippen LogP contribution in [0.4, 0.5) is 0 Å². The van der Waals surface area contributed by atoms with Crippen molar-refractivity contribution in [3.63, 3.8) is 0 Å². The van der Waals surface area contributed by atoms with Crippen LogP contribution in [0.15, 0.2) is 10.2 Å². The number of ketones is 1. The molecule has 0 aromatic heterocycles. The van der Waals surface area contributed by atoms with Gasteiger partial charge in [-0.25, -0.2) is 0 Å². The van der Waals surface area contributed by atoms with Crippen LogP contribution in [0.5, 0.6) is 0 Å². The fraction of sp³-hybridized carbons (Fsp3) is 0.882. The highest BCUT2D eigenvalue weighted by Gasteiger charge is 2.29. The van der Waals surface area contributed by atoms with Gasteiger partial charge in [0.15, 0.2) is 11.9 Å². The molecule has 182 valence electrons. The van der Waals surface area contributed by atoms with E-state index >= 15 is 0 Å². The zero-order valence-electron chi connectivity index (χ0n) is 17.9. The fourth-order valence-corrected chi connectivity index (χ4v) is 2.11. The summed E-state index contributed by atoms with van der Waals surface area (Å²) >= 11 is 0. The van der Waals surface area contributed by atoms with Gasteiger partial charge in [-0.15, -0.1) is 0 Å². The van der Waals surface area contributed by atoms with Crippen molar-refractivity contribution in [1.29, 1.82) is 0 Å². The molecule has 0 saturated heterocycles. The number of carbonyl (C=O) groups excluding carboxylic acids is 2. The normalized spacial score (nSPS) is 12.3. The second-order valence-electron chi connectivity index (χ2n) is 6.11. The van der Waals surface area contributed by atoms with Crippen molar-refractivity contribution in [2.24, 2.45) is 10.2 Å². The Hall–Kier alpha value is -2.48. The number of rotatable bonds is 22. The Morgan fingerprint density at radius 1 is 0.781 bits per heavy atom. The number of nitrogens with one attached hydrogen (secondary N) is 1. The van der Waals surface area contributed by atoms with Gasteiger partial charge in [-0.05, 0) is 17.5 Å². The zero-order chi connectivity index (χ0) is 23.9. The summed E-state index contributed by atoms with van der Waals surface area (Å²) in [6, 6.07) is 0. The molecular weight excluding hydrogens is 430 g/mol. The minimum atomic E-state index is -1.88. The molecule has 0 spiro atoms. The van der Waals surface area contributed by atoms with Gasteiger partial charge >= 0.3 is 0 Å². The predicted octanol–water partition coefficient (Wildman–Crippen LogP) is -0.139. The smallest absolute Gasteiger partial charge is 0.252 e. The average molecular weight is 461 g/mol. The van der Waals surface area contributed by atoms with Crippen molar-refractivity contribution in [2.75, 3.05) is 72.5 Å². The highest BCUT2D eigenvalue weighted by Crippen LogP contribution is 2.02. The maximum Gasteiger partial charge on any atom is 0.252 e. The molecule has 0 rings (SSSR count). The molecule has 0 fully saturated rings. The standard InChI is InChI=1S/C17H31N7O8/c18-23-21-4-8-31-11-10-29-6-1-2-14(25)15(26)16(27)17(28)20-3-7-30-12-13-32-9-5-22-24-19/h15-16,26-27H,1-13H2,(H,20,28)/t15-,16+/m0/s1. The molecule has 15 heteroatoms. The first-order valence-corrected chi connectivity index (χ1v) is 10.0. The number of amides is 1. The largest absolute Gasteiger partial charge is 0.382 e. The summed E-state index contributed by atoms with van der Waals surface area (Å²) in [5, 5.41) is 28.6. The molecule has 0 aliphatic heterocycles. The lowest BCUT2D eigenvalue weighted by Gasteiger charge is -2.16. The summed E-state index contributed by atoms with van der Waals surface area (Å²) in [7, 11) is 0. The van der Waals surface area contributed by atoms with Gasteiger partial charge in [0.05, 0.1) is 46.2 Å². The molecule has 0 bridgehead atoms. The van der Waals surface area contributed by atoms with Gasteiger partial charge in [-0.2, -0.15) is 0 Å². The Labute approximate surface area is 185 Å². The molecule has 0 unspecified atom stereocenters. The van der Waals surface area contributed by atoms with E-state index in [-0.39, 0.29) is 52.5 Å². The third kappa shape index (κ3) is 17.2. The van der Waals surface area contributed by atoms with Crippen LogP contribution >= 0.6 is 0 Å². The maximum atomic E-state index is 11.9. The predicted molar refractivity (Wildman–Crippen MR) is 111 cm³/mol. The lowest BCUT2D eigenvalue weighted by molar-refractivity contribution is -0.145. The van der Waals surface area contributed by atoms with E-state index in [1.54, 1.807) is 0 Å².